The van der Waals surface area contributed by atoms with Crippen LogP contribution in [0.3, 0.4) is 0 Å². The van der Waals surface area contributed by atoms with E-state index in [4.69, 9.17) is 16.3 Å². The monoisotopic (exact) mass is 435 g/mol. The molecule has 2 heterocycles. The Hall–Kier alpha value is -2.28. The number of piperazine rings is 1. The lowest BCUT2D eigenvalue weighted by Crippen LogP contribution is -2.56. The molecule has 30 heavy (non-hydrogen) atoms. The Kier molecular flexibility index (Phi) is 6.91. The summed E-state index contributed by atoms with van der Waals surface area (Å²) >= 11 is 5.85. The molecule has 1 aromatic carbocycles. The molecular weight excluding hydrogens is 406 g/mol. The molecule has 0 N–H and O–H groups in total. The largest absolute Gasteiger partial charge is 0.484 e. The van der Waals surface area contributed by atoms with Crippen molar-refractivity contribution in [2.45, 2.75) is 39.7 Å². The number of benzene rings is 1. The summed E-state index contributed by atoms with van der Waals surface area (Å²) in [5.74, 6) is 0.495. The van der Waals surface area contributed by atoms with Gasteiger partial charge in [-0.25, -0.2) is 0 Å². The quantitative estimate of drug-likeness (QED) is 0.728. The first-order chi connectivity index (χ1) is 14.2. The van der Waals surface area contributed by atoms with Crippen LogP contribution in [0.1, 0.15) is 33.6 Å². The second kappa shape index (κ2) is 9.25. The highest BCUT2D eigenvalue weighted by Crippen LogP contribution is 2.27. The third kappa shape index (κ3) is 5.25. The number of amides is 3. The van der Waals surface area contributed by atoms with Gasteiger partial charge in [0.25, 0.3) is 5.91 Å². The Morgan fingerprint density at radius 1 is 1.00 bits per heavy atom. The maximum absolute atomic E-state index is 13.1. The summed E-state index contributed by atoms with van der Waals surface area (Å²) in [6, 6.07) is 6.48. The minimum atomic E-state index is -0.502. The number of rotatable bonds is 4. The molecular formula is C22H30ClN3O4. The molecule has 3 rings (SSSR count). The van der Waals surface area contributed by atoms with Crippen molar-refractivity contribution >= 4 is 29.3 Å². The minimum Gasteiger partial charge on any atom is -0.484 e. The molecule has 1 unspecified atom stereocenters. The average Bonchev–Trinajstić information content (AvgIpc) is 3.21. The molecule has 2 aliphatic heterocycles. The lowest BCUT2D eigenvalue weighted by molar-refractivity contribution is -0.150. The van der Waals surface area contributed by atoms with Crippen LogP contribution in [0.4, 0.5) is 0 Å². The average molecular weight is 436 g/mol. The van der Waals surface area contributed by atoms with E-state index in [1.165, 1.54) is 0 Å². The van der Waals surface area contributed by atoms with E-state index in [0.717, 1.165) is 6.42 Å². The van der Waals surface area contributed by atoms with Gasteiger partial charge in [-0.2, -0.15) is 0 Å². The smallest absolute Gasteiger partial charge is 0.260 e. The summed E-state index contributed by atoms with van der Waals surface area (Å²) in [7, 11) is 0. The van der Waals surface area contributed by atoms with Crippen LogP contribution < -0.4 is 4.74 Å². The van der Waals surface area contributed by atoms with E-state index in [1.54, 1.807) is 39.0 Å². The van der Waals surface area contributed by atoms with Gasteiger partial charge in [-0.1, -0.05) is 32.4 Å². The highest BCUT2D eigenvalue weighted by molar-refractivity contribution is 6.30. The molecule has 164 valence electrons. The van der Waals surface area contributed by atoms with Gasteiger partial charge in [0.2, 0.25) is 11.8 Å². The number of likely N-dealkylation sites (tertiary alicyclic amines) is 1. The maximum Gasteiger partial charge on any atom is 0.260 e. The molecule has 0 aromatic heterocycles. The normalized spacial score (nSPS) is 19.7. The second-order valence-electron chi connectivity index (χ2n) is 8.86. The predicted octanol–water partition coefficient (Wildman–Crippen LogP) is 2.43. The maximum atomic E-state index is 13.1. The summed E-state index contributed by atoms with van der Waals surface area (Å²) in [6.07, 6.45) is 1.55. The van der Waals surface area contributed by atoms with E-state index in [1.807, 2.05) is 20.8 Å². The van der Waals surface area contributed by atoms with Crippen LogP contribution in [0.2, 0.25) is 5.02 Å². The molecule has 0 radical (unpaired) electrons. The number of ether oxygens (including phenoxy) is 1. The highest BCUT2D eigenvalue weighted by Gasteiger charge is 2.40. The summed E-state index contributed by atoms with van der Waals surface area (Å²) < 4.78 is 5.53. The van der Waals surface area contributed by atoms with Gasteiger partial charge in [-0.3, -0.25) is 14.4 Å². The number of hydrogen-bond acceptors (Lipinski definition) is 4. The Labute approximate surface area is 182 Å². The third-order valence-corrected chi connectivity index (χ3v) is 5.81. The number of carbonyl (C=O) groups excluding carboxylic acids is 3. The van der Waals surface area contributed by atoms with Crippen LogP contribution in [0.15, 0.2) is 24.3 Å². The molecule has 3 amide bonds. The van der Waals surface area contributed by atoms with Crippen LogP contribution in [0.5, 0.6) is 5.75 Å². The van der Waals surface area contributed by atoms with E-state index in [-0.39, 0.29) is 30.4 Å². The molecule has 1 atom stereocenters. The van der Waals surface area contributed by atoms with Crippen LogP contribution >= 0.6 is 11.6 Å². The first kappa shape index (κ1) is 22.4. The molecule has 2 saturated heterocycles. The van der Waals surface area contributed by atoms with Crippen molar-refractivity contribution in [2.24, 2.45) is 5.41 Å². The lowest BCUT2D eigenvalue weighted by Gasteiger charge is -2.38. The molecule has 0 spiro atoms. The van der Waals surface area contributed by atoms with Gasteiger partial charge >= 0.3 is 0 Å². The molecule has 0 aliphatic carbocycles. The summed E-state index contributed by atoms with van der Waals surface area (Å²) in [5, 5.41) is 0.611. The fourth-order valence-corrected chi connectivity index (χ4v) is 3.98. The number of halogens is 1. The Morgan fingerprint density at radius 3 is 2.20 bits per heavy atom. The van der Waals surface area contributed by atoms with E-state index >= 15 is 0 Å². The minimum absolute atomic E-state index is 0.00499. The van der Waals surface area contributed by atoms with Crippen molar-refractivity contribution in [3.63, 3.8) is 0 Å². The molecule has 2 aliphatic rings. The second-order valence-corrected chi connectivity index (χ2v) is 9.29. The Morgan fingerprint density at radius 2 is 1.60 bits per heavy atom. The van der Waals surface area contributed by atoms with Crippen molar-refractivity contribution in [1.29, 1.82) is 0 Å². The molecule has 0 saturated carbocycles. The van der Waals surface area contributed by atoms with Crippen molar-refractivity contribution in [2.75, 3.05) is 39.3 Å². The van der Waals surface area contributed by atoms with Gasteiger partial charge in [0.1, 0.15) is 11.8 Å². The van der Waals surface area contributed by atoms with Gasteiger partial charge in [0.15, 0.2) is 6.61 Å². The molecule has 2 fully saturated rings. The Bertz CT molecular complexity index is 783. The summed E-state index contributed by atoms with van der Waals surface area (Å²) in [4.78, 5) is 43.4. The van der Waals surface area contributed by atoms with Gasteiger partial charge < -0.3 is 19.4 Å². The van der Waals surface area contributed by atoms with E-state index in [0.29, 0.717) is 49.9 Å². The van der Waals surface area contributed by atoms with Gasteiger partial charge in [0.05, 0.1) is 0 Å². The number of carbonyl (C=O) groups is 3. The molecule has 8 heteroatoms. The molecule has 7 nitrogen and oxygen atoms in total. The molecule has 1 aromatic rings. The van der Waals surface area contributed by atoms with Crippen molar-refractivity contribution in [3.05, 3.63) is 29.3 Å². The van der Waals surface area contributed by atoms with Gasteiger partial charge in [0, 0.05) is 43.2 Å². The third-order valence-electron chi connectivity index (χ3n) is 5.56. The highest BCUT2D eigenvalue weighted by atomic mass is 35.5. The van der Waals surface area contributed by atoms with Gasteiger partial charge in [-0.15, -0.1) is 0 Å². The van der Waals surface area contributed by atoms with Crippen molar-refractivity contribution in [1.82, 2.24) is 14.7 Å². The SMILES string of the molecule is CC(C)(C)C(=O)N1CCCC1C(=O)N1CCN(C(=O)COc2ccc(Cl)cc2)CC1. The zero-order valence-corrected chi connectivity index (χ0v) is 18.7. The van der Waals surface area contributed by atoms with E-state index in [9.17, 15) is 14.4 Å². The molecule has 0 bridgehead atoms. The van der Waals surface area contributed by atoms with Crippen LogP contribution in [-0.2, 0) is 14.4 Å². The fourth-order valence-electron chi connectivity index (χ4n) is 3.85. The predicted molar refractivity (Wildman–Crippen MR) is 114 cm³/mol. The number of nitrogens with zero attached hydrogens (tertiary/aromatic N) is 3. The zero-order valence-electron chi connectivity index (χ0n) is 17.9. The van der Waals surface area contributed by atoms with Crippen LogP contribution in [0.25, 0.3) is 0 Å². The van der Waals surface area contributed by atoms with Gasteiger partial charge in [-0.05, 0) is 37.1 Å². The first-order valence-electron chi connectivity index (χ1n) is 10.4. The first-order valence-corrected chi connectivity index (χ1v) is 10.8. The van der Waals surface area contributed by atoms with E-state index < -0.39 is 5.41 Å². The van der Waals surface area contributed by atoms with Crippen molar-refractivity contribution < 1.29 is 19.1 Å². The number of hydrogen-bond donors (Lipinski definition) is 0. The topological polar surface area (TPSA) is 70.2 Å². The zero-order chi connectivity index (χ0) is 21.9. The fraction of sp³-hybridized carbons (Fsp3) is 0.591. The van der Waals surface area contributed by atoms with Crippen LogP contribution in [-0.4, -0.2) is 77.8 Å². The van der Waals surface area contributed by atoms with Crippen molar-refractivity contribution in [3.8, 4) is 5.75 Å². The summed E-state index contributed by atoms with van der Waals surface area (Å²) in [6.45, 7) is 8.10. The van der Waals surface area contributed by atoms with E-state index in [2.05, 4.69) is 0 Å². The standard InChI is InChI=1S/C22H30ClN3O4/c1-22(2,3)21(29)26-10-4-5-18(26)20(28)25-13-11-24(12-14-25)19(27)15-30-17-8-6-16(23)7-9-17/h6-9,18H,4-5,10-15H2,1-3H3. The van der Waals surface area contributed by atoms with Crippen LogP contribution in [0, 0.1) is 5.41 Å². The lowest BCUT2D eigenvalue weighted by atomic mass is 9.94. The Balaban J connectivity index is 1.49. The summed E-state index contributed by atoms with van der Waals surface area (Å²) in [5.41, 5.74) is -0.502.